The quantitative estimate of drug-likeness (QED) is 0.731. The Hall–Kier alpha value is -0.900. The largest absolute Gasteiger partial charge is 0.468 e. The summed E-state index contributed by atoms with van der Waals surface area (Å²) in [6.07, 6.45) is 12.0. The molecule has 0 spiro atoms. The molecule has 0 aromatic carbocycles. The highest BCUT2D eigenvalue weighted by Crippen LogP contribution is 2.60. The van der Waals surface area contributed by atoms with Crippen LogP contribution < -0.4 is 0 Å². The SMILES string of the molecule is O=C(N1CCC(CSCc2ccco2)CC1)C12CC3CC(CC(C3)C1)C2. The summed E-state index contributed by atoms with van der Waals surface area (Å²) in [6.45, 7) is 1.99. The van der Waals surface area contributed by atoms with Crippen molar-refractivity contribution < 1.29 is 9.21 Å². The molecule has 1 aliphatic heterocycles. The minimum atomic E-state index is 0.0512. The first-order valence-corrected chi connectivity index (χ1v) is 11.8. The van der Waals surface area contributed by atoms with E-state index in [0.717, 1.165) is 48.3 Å². The predicted octanol–water partition coefficient (Wildman–Crippen LogP) is 4.97. The zero-order valence-electron chi connectivity index (χ0n) is 15.7. The normalized spacial score (nSPS) is 36.6. The molecule has 26 heavy (non-hydrogen) atoms. The van der Waals surface area contributed by atoms with Crippen LogP contribution in [0.3, 0.4) is 0 Å². The Morgan fingerprint density at radius 1 is 1.12 bits per heavy atom. The second kappa shape index (κ2) is 6.92. The van der Waals surface area contributed by atoms with Crippen LogP contribution in [0.1, 0.15) is 57.1 Å². The zero-order valence-corrected chi connectivity index (χ0v) is 16.5. The van der Waals surface area contributed by atoms with Crippen molar-refractivity contribution in [3.05, 3.63) is 24.2 Å². The molecular weight excluding hydrogens is 342 g/mol. The number of thioether (sulfide) groups is 1. The molecule has 6 rings (SSSR count). The van der Waals surface area contributed by atoms with Gasteiger partial charge in [-0.15, -0.1) is 0 Å². The summed E-state index contributed by atoms with van der Waals surface area (Å²) in [6, 6.07) is 4.02. The van der Waals surface area contributed by atoms with Crippen LogP contribution in [0, 0.1) is 29.1 Å². The van der Waals surface area contributed by atoms with E-state index in [9.17, 15) is 4.79 Å². The van der Waals surface area contributed by atoms with Crippen molar-refractivity contribution in [1.82, 2.24) is 4.90 Å². The van der Waals surface area contributed by atoms with Crippen molar-refractivity contribution in [3.63, 3.8) is 0 Å². The lowest BCUT2D eigenvalue weighted by Crippen LogP contribution is -2.55. The number of carbonyl (C=O) groups excluding carboxylic acids is 1. The molecule has 3 nitrogen and oxygen atoms in total. The smallest absolute Gasteiger partial charge is 0.228 e. The van der Waals surface area contributed by atoms with Gasteiger partial charge < -0.3 is 9.32 Å². The number of hydrogen-bond acceptors (Lipinski definition) is 3. The maximum absolute atomic E-state index is 13.4. The van der Waals surface area contributed by atoms with Gasteiger partial charge in [-0.3, -0.25) is 4.79 Å². The van der Waals surface area contributed by atoms with E-state index in [1.807, 2.05) is 17.8 Å². The van der Waals surface area contributed by atoms with Gasteiger partial charge in [0.1, 0.15) is 5.76 Å². The lowest BCUT2D eigenvalue weighted by molar-refractivity contribution is -0.159. The molecule has 5 aliphatic rings. The Labute approximate surface area is 161 Å². The second-order valence-corrected chi connectivity index (χ2v) is 10.6. The van der Waals surface area contributed by atoms with E-state index in [0.29, 0.717) is 5.91 Å². The highest BCUT2D eigenvalue weighted by Gasteiger charge is 2.55. The summed E-state index contributed by atoms with van der Waals surface area (Å²) in [7, 11) is 0. The number of rotatable bonds is 5. The first-order chi connectivity index (χ1) is 12.7. The van der Waals surface area contributed by atoms with E-state index in [-0.39, 0.29) is 5.41 Å². The monoisotopic (exact) mass is 373 g/mol. The van der Waals surface area contributed by atoms with E-state index in [2.05, 4.69) is 11.0 Å². The fourth-order valence-corrected chi connectivity index (χ4v) is 7.88. The van der Waals surface area contributed by atoms with Crippen LogP contribution in [0.25, 0.3) is 0 Å². The minimum Gasteiger partial charge on any atom is -0.468 e. The number of amides is 1. The van der Waals surface area contributed by atoms with Gasteiger partial charge in [0.05, 0.1) is 17.4 Å². The fourth-order valence-electron chi connectivity index (χ4n) is 6.73. The van der Waals surface area contributed by atoms with E-state index in [1.165, 1.54) is 57.1 Å². The van der Waals surface area contributed by atoms with Gasteiger partial charge in [0.2, 0.25) is 5.91 Å². The van der Waals surface area contributed by atoms with Gasteiger partial charge in [-0.1, -0.05) is 0 Å². The van der Waals surface area contributed by atoms with Crippen molar-refractivity contribution in [3.8, 4) is 0 Å². The molecule has 0 unspecified atom stereocenters. The molecule has 5 fully saturated rings. The van der Waals surface area contributed by atoms with Crippen LogP contribution in [0.5, 0.6) is 0 Å². The standard InChI is InChI=1S/C22H31NO2S/c24-21(22-11-17-8-18(12-22)10-19(9-17)13-22)23-5-3-16(4-6-23)14-26-15-20-2-1-7-25-20/h1-2,7,16-19H,3-6,8-15H2. The first kappa shape index (κ1) is 17.2. The van der Waals surface area contributed by atoms with E-state index >= 15 is 0 Å². The number of carbonyl (C=O) groups is 1. The van der Waals surface area contributed by atoms with Crippen molar-refractivity contribution >= 4 is 17.7 Å². The number of likely N-dealkylation sites (tertiary alicyclic amines) is 1. The lowest BCUT2D eigenvalue weighted by Gasteiger charge is -2.57. The number of furan rings is 1. The Balaban J connectivity index is 1.13. The lowest BCUT2D eigenvalue weighted by atomic mass is 9.49. The topological polar surface area (TPSA) is 33.5 Å². The van der Waals surface area contributed by atoms with E-state index in [4.69, 9.17) is 4.42 Å². The Morgan fingerprint density at radius 3 is 2.35 bits per heavy atom. The van der Waals surface area contributed by atoms with Crippen LogP contribution >= 0.6 is 11.8 Å². The van der Waals surface area contributed by atoms with Crippen LogP contribution in [-0.4, -0.2) is 29.6 Å². The maximum atomic E-state index is 13.4. The van der Waals surface area contributed by atoms with Crippen LogP contribution in [0.2, 0.25) is 0 Å². The minimum absolute atomic E-state index is 0.0512. The van der Waals surface area contributed by atoms with Crippen molar-refractivity contribution in [2.24, 2.45) is 29.1 Å². The average molecular weight is 374 g/mol. The molecule has 4 saturated carbocycles. The zero-order chi connectivity index (χ0) is 17.6. The highest BCUT2D eigenvalue weighted by atomic mass is 32.2. The van der Waals surface area contributed by atoms with Crippen LogP contribution in [0.15, 0.2) is 22.8 Å². The molecule has 4 heteroatoms. The summed E-state index contributed by atoms with van der Waals surface area (Å²) in [4.78, 5) is 15.7. The highest BCUT2D eigenvalue weighted by molar-refractivity contribution is 7.98. The van der Waals surface area contributed by atoms with Crippen LogP contribution in [0.4, 0.5) is 0 Å². The molecule has 2 heterocycles. The molecule has 1 amide bonds. The van der Waals surface area contributed by atoms with Gasteiger partial charge in [-0.2, -0.15) is 11.8 Å². The maximum Gasteiger partial charge on any atom is 0.228 e. The summed E-state index contributed by atoms with van der Waals surface area (Å²) in [5, 5.41) is 0. The van der Waals surface area contributed by atoms with Gasteiger partial charge in [0.25, 0.3) is 0 Å². The molecular formula is C22H31NO2S. The van der Waals surface area contributed by atoms with E-state index in [1.54, 1.807) is 6.26 Å². The summed E-state index contributed by atoms with van der Waals surface area (Å²) in [5.41, 5.74) is 0.0512. The molecule has 0 N–H and O–H groups in total. The van der Waals surface area contributed by atoms with Gasteiger partial charge in [0, 0.05) is 13.1 Å². The molecule has 0 radical (unpaired) electrons. The van der Waals surface area contributed by atoms with Crippen molar-refractivity contribution in [2.45, 2.75) is 57.1 Å². The molecule has 0 atom stereocenters. The number of piperidine rings is 1. The molecule has 4 aliphatic carbocycles. The fraction of sp³-hybridized carbons (Fsp3) is 0.773. The Morgan fingerprint density at radius 2 is 1.77 bits per heavy atom. The van der Waals surface area contributed by atoms with Crippen molar-refractivity contribution in [1.29, 1.82) is 0 Å². The summed E-state index contributed by atoms with van der Waals surface area (Å²) < 4.78 is 5.41. The molecule has 1 aromatic rings. The van der Waals surface area contributed by atoms with Gasteiger partial charge >= 0.3 is 0 Å². The van der Waals surface area contributed by atoms with Gasteiger partial charge in [0.15, 0.2) is 0 Å². The second-order valence-electron chi connectivity index (χ2n) is 9.53. The average Bonchev–Trinajstić information content (AvgIpc) is 3.14. The van der Waals surface area contributed by atoms with Gasteiger partial charge in [-0.05, 0) is 92.9 Å². The Kier molecular flexibility index (Phi) is 4.58. The third-order valence-electron chi connectivity index (χ3n) is 7.57. The third kappa shape index (κ3) is 3.23. The predicted molar refractivity (Wildman–Crippen MR) is 105 cm³/mol. The Bertz CT molecular complexity index is 597. The third-order valence-corrected chi connectivity index (χ3v) is 8.77. The van der Waals surface area contributed by atoms with Crippen LogP contribution in [-0.2, 0) is 10.5 Å². The van der Waals surface area contributed by atoms with E-state index < -0.39 is 0 Å². The van der Waals surface area contributed by atoms with Crippen molar-refractivity contribution in [2.75, 3.05) is 18.8 Å². The summed E-state index contributed by atoms with van der Waals surface area (Å²) in [5.74, 6) is 7.12. The first-order valence-electron chi connectivity index (χ1n) is 10.6. The summed E-state index contributed by atoms with van der Waals surface area (Å²) >= 11 is 1.98. The van der Waals surface area contributed by atoms with Gasteiger partial charge in [-0.25, -0.2) is 0 Å². The molecule has 4 bridgehead atoms. The molecule has 1 aromatic heterocycles. The number of hydrogen-bond donors (Lipinski definition) is 0. The molecule has 1 saturated heterocycles. The number of nitrogens with zero attached hydrogens (tertiary/aromatic N) is 1. The molecule has 142 valence electrons.